The molecule has 0 bridgehead atoms. The topological polar surface area (TPSA) is 98.3 Å². The molecule has 1 amide bonds. The lowest BCUT2D eigenvalue weighted by atomic mass is 9.87. The molecule has 25 heavy (non-hydrogen) atoms. The van der Waals surface area contributed by atoms with E-state index < -0.39 is 5.91 Å². The Bertz CT molecular complexity index is 804. The van der Waals surface area contributed by atoms with Gasteiger partial charge >= 0.3 is 0 Å². The molecular formula is C19H21N3O3. The van der Waals surface area contributed by atoms with Gasteiger partial charge in [-0.1, -0.05) is 18.2 Å². The quantitative estimate of drug-likeness (QED) is 0.624. The first-order chi connectivity index (χ1) is 12.0. The summed E-state index contributed by atoms with van der Waals surface area (Å²) in [6, 6.07) is 12.6. The molecule has 0 radical (unpaired) electrons. The van der Waals surface area contributed by atoms with Gasteiger partial charge in [0.25, 0.3) is 5.69 Å². The van der Waals surface area contributed by atoms with E-state index in [2.05, 4.69) is 5.32 Å². The van der Waals surface area contributed by atoms with E-state index in [1.165, 1.54) is 5.56 Å². The van der Waals surface area contributed by atoms with Crippen molar-refractivity contribution in [1.29, 1.82) is 0 Å². The number of nitrogens with two attached hydrogens (primary N) is 1. The zero-order chi connectivity index (χ0) is 17.8. The molecule has 2 aromatic carbocycles. The number of carbonyl (C=O) groups is 1. The average Bonchev–Trinajstić information content (AvgIpc) is 2.61. The number of rotatable bonds is 6. The molecule has 0 fully saturated rings. The highest BCUT2D eigenvalue weighted by molar-refractivity contribution is 5.92. The standard InChI is InChI=1S/C19H21N3O3/c20-19(23)15-5-1-3-13(11-15)9-10-21-18-6-2-4-14-7-8-16(22(24)25)12-17(14)18/h1,3,5,7-8,11-12,18,21H,2,4,6,9-10H2,(H2,20,23)/t18-/m1/s1. The molecule has 0 unspecified atom stereocenters. The fraction of sp³-hybridized carbons (Fsp3) is 0.316. The van der Waals surface area contributed by atoms with Gasteiger partial charge in [0.15, 0.2) is 0 Å². The second-order valence-corrected chi connectivity index (χ2v) is 6.35. The number of benzene rings is 2. The molecule has 0 aromatic heterocycles. The zero-order valence-corrected chi connectivity index (χ0v) is 13.9. The molecule has 3 N–H and O–H groups in total. The fourth-order valence-electron chi connectivity index (χ4n) is 3.38. The number of hydrogen-bond acceptors (Lipinski definition) is 4. The maximum absolute atomic E-state index is 11.3. The van der Waals surface area contributed by atoms with Crippen LogP contribution in [0.1, 0.15) is 45.9 Å². The van der Waals surface area contributed by atoms with Gasteiger partial charge in [-0.2, -0.15) is 0 Å². The van der Waals surface area contributed by atoms with Crippen molar-refractivity contribution in [1.82, 2.24) is 5.32 Å². The Morgan fingerprint density at radius 3 is 2.88 bits per heavy atom. The Balaban J connectivity index is 1.67. The van der Waals surface area contributed by atoms with Gasteiger partial charge in [0.1, 0.15) is 0 Å². The van der Waals surface area contributed by atoms with Crippen molar-refractivity contribution >= 4 is 11.6 Å². The summed E-state index contributed by atoms with van der Waals surface area (Å²) in [5.41, 5.74) is 9.22. The Kier molecular flexibility index (Phi) is 5.09. The van der Waals surface area contributed by atoms with Crippen LogP contribution in [-0.4, -0.2) is 17.4 Å². The Morgan fingerprint density at radius 2 is 2.12 bits per heavy atom. The van der Waals surface area contributed by atoms with Crippen LogP contribution >= 0.6 is 0 Å². The van der Waals surface area contributed by atoms with Crippen LogP contribution in [0.3, 0.4) is 0 Å². The summed E-state index contributed by atoms with van der Waals surface area (Å²) in [6.07, 6.45) is 3.77. The van der Waals surface area contributed by atoms with Crippen LogP contribution < -0.4 is 11.1 Å². The molecule has 6 heteroatoms. The van der Waals surface area contributed by atoms with E-state index in [0.717, 1.165) is 43.4 Å². The van der Waals surface area contributed by atoms with Crippen molar-refractivity contribution in [2.45, 2.75) is 31.7 Å². The van der Waals surface area contributed by atoms with E-state index in [1.807, 2.05) is 24.3 Å². The van der Waals surface area contributed by atoms with Gasteiger partial charge in [0, 0.05) is 23.7 Å². The van der Waals surface area contributed by atoms with Crippen molar-refractivity contribution in [3.05, 3.63) is 74.8 Å². The second-order valence-electron chi connectivity index (χ2n) is 6.35. The first-order valence-electron chi connectivity index (χ1n) is 8.44. The molecule has 0 aliphatic heterocycles. The van der Waals surface area contributed by atoms with E-state index in [0.29, 0.717) is 5.56 Å². The summed E-state index contributed by atoms with van der Waals surface area (Å²) < 4.78 is 0. The zero-order valence-electron chi connectivity index (χ0n) is 13.9. The molecule has 1 aliphatic rings. The number of nitro groups is 1. The first kappa shape index (κ1) is 17.1. The minimum Gasteiger partial charge on any atom is -0.366 e. The molecular weight excluding hydrogens is 318 g/mol. The summed E-state index contributed by atoms with van der Waals surface area (Å²) >= 11 is 0. The largest absolute Gasteiger partial charge is 0.366 e. The highest BCUT2D eigenvalue weighted by Gasteiger charge is 2.22. The van der Waals surface area contributed by atoms with Gasteiger partial charge in [-0.25, -0.2) is 0 Å². The third kappa shape index (κ3) is 4.03. The number of non-ortho nitro benzene ring substituents is 1. The van der Waals surface area contributed by atoms with Crippen molar-refractivity contribution in [3.63, 3.8) is 0 Å². The third-order valence-electron chi connectivity index (χ3n) is 4.67. The van der Waals surface area contributed by atoms with E-state index in [-0.39, 0.29) is 16.7 Å². The van der Waals surface area contributed by atoms with Crippen LogP contribution in [0, 0.1) is 10.1 Å². The van der Waals surface area contributed by atoms with Gasteiger partial charge in [-0.15, -0.1) is 0 Å². The Morgan fingerprint density at radius 1 is 1.28 bits per heavy atom. The Hall–Kier alpha value is -2.73. The smallest absolute Gasteiger partial charge is 0.269 e. The van der Waals surface area contributed by atoms with Gasteiger partial charge in [-0.05, 0) is 61.1 Å². The maximum Gasteiger partial charge on any atom is 0.269 e. The lowest BCUT2D eigenvalue weighted by Crippen LogP contribution is -2.27. The average molecular weight is 339 g/mol. The lowest BCUT2D eigenvalue weighted by Gasteiger charge is -2.26. The predicted molar refractivity (Wildman–Crippen MR) is 95.4 cm³/mol. The summed E-state index contributed by atoms with van der Waals surface area (Å²) in [5, 5.41) is 14.5. The number of aryl methyl sites for hydroxylation is 1. The Labute approximate surface area is 146 Å². The SMILES string of the molecule is NC(=O)c1cccc(CCN[C@@H]2CCCc3ccc([N+](=O)[O-])cc32)c1. The molecule has 0 spiro atoms. The van der Waals surface area contributed by atoms with Gasteiger partial charge in [0.05, 0.1) is 4.92 Å². The molecule has 130 valence electrons. The highest BCUT2D eigenvalue weighted by Crippen LogP contribution is 2.32. The van der Waals surface area contributed by atoms with Crippen molar-refractivity contribution in [2.24, 2.45) is 5.73 Å². The molecule has 6 nitrogen and oxygen atoms in total. The molecule has 2 aromatic rings. The lowest BCUT2D eigenvalue weighted by molar-refractivity contribution is -0.385. The van der Waals surface area contributed by atoms with Crippen LogP contribution in [0.15, 0.2) is 42.5 Å². The van der Waals surface area contributed by atoms with Crippen LogP contribution in [0.4, 0.5) is 5.69 Å². The second kappa shape index (κ2) is 7.44. The predicted octanol–water partition coefficient (Wildman–Crippen LogP) is 2.90. The first-order valence-corrected chi connectivity index (χ1v) is 8.44. The molecule has 0 saturated carbocycles. The number of nitrogens with zero attached hydrogens (tertiary/aromatic N) is 1. The van der Waals surface area contributed by atoms with E-state index in [1.54, 1.807) is 18.2 Å². The number of hydrogen-bond donors (Lipinski definition) is 2. The number of fused-ring (bicyclic) bond motifs is 1. The maximum atomic E-state index is 11.3. The van der Waals surface area contributed by atoms with Crippen molar-refractivity contribution in [2.75, 3.05) is 6.54 Å². The summed E-state index contributed by atoms with van der Waals surface area (Å²) in [5.74, 6) is -0.427. The van der Waals surface area contributed by atoms with Crippen LogP contribution in [-0.2, 0) is 12.8 Å². The van der Waals surface area contributed by atoms with Crippen molar-refractivity contribution in [3.8, 4) is 0 Å². The molecule has 1 atom stereocenters. The monoisotopic (exact) mass is 339 g/mol. The summed E-state index contributed by atoms with van der Waals surface area (Å²) in [7, 11) is 0. The summed E-state index contributed by atoms with van der Waals surface area (Å²) in [6.45, 7) is 0.731. The highest BCUT2D eigenvalue weighted by atomic mass is 16.6. The molecule has 0 heterocycles. The van der Waals surface area contributed by atoms with Gasteiger partial charge in [0.2, 0.25) is 5.91 Å². The van der Waals surface area contributed by atoms with Crippen molar-refractivity contribution < 1.29 is 9.72 Å². The molecule has 3 rings (SSSR count). The number of carbonyl (C=O) groups excluding carboxylic acids is 1. The number of amides is 1. The molecule has 0 saturated heterocycles. The number of nitro benzene ring substituents is 1. The third-order valence-corrected chi connectivity index (χ3v) is 4.67. The minimum absolute atomic E-state index is 0.128. The van der Waals surface area contributed by atoms with Crippen LogP contribution in [0.25, 0.3) is 0 Å². The van der Waals surface area contributed by atoms with E-state index in [4.69, 9.17) is 5.73 Å². The van der Waals surface area contributed by atoms with Gasteiger partial charge in [-0.3, -0.25) is 14.9 Å². The fourth-order valence-corrected chi connectivity index (χ4v) is 3.38. The number of nitrogens with one attached hydrogen (secondary N) is 1. The van der Waals surface area contributed by atoms with Gasteiger partial charge < -0.3 is 11.1 Å². The van der Waals surface area contributed by atoms with Crippen LogP contribution in [0.2, 0.25) is 0 Å². The normalized spacial score (nSPS) is 16.2. The summed E-state index contributed by atoms with van der Waals surface area (Å²) in [4.78, 5) is 21.9. The van der Waals surface area contributed by atoms with E-state index in [9.17, 15) is 14.9 Å². The molecule has 1 aliphatic carbocycles. The minimum atomic E-state index is -0.427. The van der Waals surface area contributed by atoms with Crippen LogP contribution in [0.5, 0.6) is 0 Å². The number of primary amides is 1. The van der Waals surface area contributed by atoms with E-state index >= 15 is 0 Å².